The molecule has 0 unspecified atom stereocenters. The third-order valence-corrected chi connectivity index (χ3v) is 2.55. The van der Waals surface area contributed by atoms with Crippen molar-refractivity contribution in [2.24, 2.45) is 0 Å². The molecular weight excluding hydrogens is 210 g/mol. The van der Waals surface area contributed by atoms with E-state index in [2.05, 4.69) is 17.0 Å². The molecule has 1 heterocycles. The molecule has 1 aromatic heterocycles. The van der Waals surface area contributed by atoms with Crippen LogP contribution in [0.1, 0.15) is 18.5 Å². The van der Waals surface area contributed by atoms with Crippen LogP contribution in [0.2, 0.25) is 0 Å². The van der Waals surface area contributed by atoms with Gasteiger partial charge in [-0.15, -0.1) is 12.3 Å². The average molecular weight is 225 g/mol. The maximum Gasteiger partial charge on any atom is 0.145 e. The monoisotopic (exact) mass is 225 g/mol. The Balaban J connectivity index is 2.22. The van der Waals surface area contributed by atoms with Crippen LogP contribution in [0, 0.1) is 19.3 Å². The van der Waals surface area contributed by atoms with Gasteiger partial charge in [-0.05, 0) is 25.5 Å². The number of unbranched alkanes of at least 4 members (excludes halogenated alkanes) is 1. The number of pyridine rings is 1. The molecule has 0 spiro atoms. The molecule has 0 amide bonds. The van der Waals surface area contributed by atoms with Gasteiger partial charge < -0.3 is 4.74 Å². The highest BCUT2D eigenvalue weighted by molar-refractivity contribution is 5.84. The lowest BCUT2D eigenvalue weighted by molar-refractivity contribution is 0.316. The number of aryl methyl sites for hydroxylation is 1. The highest BCUT2D eigenvalue weighted by atomic mass is 16.5. The summed E-state index contributed by atoms with van der Waals surface area (Å²) in [6, 6.07) is 10.0. The standard InChI is InChI=1S/C15H15NO/c1-3-4-5-11-17-14-8-6-7-13-10-9-12(2)16-15(13)14/h1,6-10H,4-5,11H2,2H3. The molecule has 1 aromatic carbocycles. The Kier molecular flexibility index (Phi) is 3.62. The smallest absolute Gasteiger partial charge is 0.145 e. The average Bonchev–Trinajstić information content (AvgIpc) is 2.35. The van der Waals surface area contributed by atoms with E-state index in [1.165, 1.54) is 0 Å². The van der Waals surface area contributed by atoms with Gasteiger partial charge in [0.15, 0.2) is 0 Å². The Morgan fingerprint density at radius 1 is 1.29 bits per heavy atom. The van der Waals surface area contributed by atoms with E-state index in [1.807, 2.05) is 31.2 Å². The van der Waals surface area contributed by atoms with E-state index in [4.69, 9.17) is 11.2 Å². The molecule has 0 N–H and O–H groups in total. The van der Waals surface area contributed by atoms with Gasteiger partial charge in [-0.25, -0.2) is 4.98 Å². The molecule has 0 saturated heterocycles. The van der Waals surface area contributed by atoms with E-state index < -0.39 is 0 Å². The number of ether oxygens (including phenoxy) is 1. The van der Waals surface area contributed by atoms with Gasteiger partial charge in [0.1, 0.15) is 11.3 Å². The number of hydrogen-bond acceptors (Lipinski definition) is 2. The summed E-state index contributed by atoms with van der Waals surface area (Å²) in [5.41, 5.74) is 1.92. The molecule has 0 aliphatic heterocycles. The van der Waals surface area contributed by atoms with Gasteiger partial charge in [-0.2, -0.15) is 0 Å². The Morgan fingerprint density at radius 3 is 3.00 bits per heavy atom. The Hall–Kier alpha value is -2.01. The van der Waals surface area contributed by atoms with Gasteiger partial charge in [0, 0.05) is 17.5 Å². The second kappa shape index (κ2) is 5.36. The summed E-state index contributed by atoms with van der Waals surface area (Å²) < 4.78 is 5.72. The van der Waals surface area contributed by atoms with E-state index in [1.54, 1.807) is 0 Å². The topological polar surface area (TPSA) is 22.1 Å². The molecule has 0 radical (unpaired) electrons. The lowest BCUT2D eigenvalue weighted by atomic mass is 10.2. The summed E-state index contributed by atoms with van der Waals surface area (Å²) in [5.74, 6) is 3.44. The van der Waals surface area contributed by atoms with Crippen LogP contribution in [0.4, 0.5) is 0 Å². The first-order chi connectivity index (χ1) is 8.31. The van der Waals surface area contributed by atoms with E-state index in [9.17, 15) is 0 Å². The molecule has 0 fully saturated rings. The summed E-state index contributed by atoms with van der Waals surface area (Å²) in [5, 5.41) is 1.10. The lowest BCUT2D eigenvalue weighted by Crippen LogP contribution is -1.98. The van der Waals surface area contributed by atoms with Gasteiger partial charge in [0.05, 0.1) is 6.61 Å². The minimum Gasteiger partial charge on any atom is -0.491 e. The van der Waals surface area contributed by atoms with Crippen LogP contribution in [-0.2, 0) is 0 Å². The van der Waals surface area contributed by atoms with Crippen LogP contribution in [0.5, 0.6) is 5.75 Å². The highest BCUT2D eigenvalue weighted by Gasteiger charge is 2.03. The predicted molar refractivity (Wildman–Crippen MR) is 70.0 cm³/mol. The summed E-state index contributed by atoms with van der Waals surface area (Å²) in [6.07, 6.45) is 6.82. The van der Waals surface area contributed by atoms with E-state index in [0.717, 1.165) is 35.2 Å². The third-order valence-electron chi connectivity index (χ3n) is 2.55. The zero-order valence-corrected chi connectivity index (χ0v) is 9.94. The van der Waals surface area contributed by atoms with Crippen molar-refractivity contribution >= 4 is 10.9 Å². The summed E-state index contributed by atoms with van der Waals surface area (Å²) in [6.45, 7) is 2.62. The van der Waals surface area contributed by atoms with Crippen LogP contribution in [0.15, 0.2) is 30.3 Å². The predicted octanol–water partition coefficient (Wildman–Crippen LogP) is 3.34. The SMILES string of the molecule is C#CCCCOc1cccc2ccc(C)nc12. The fraction of sp³-hybridized carbons (Fsp3) is 0.267. The molecule has 2 rings (SSSR count). The van der Waals surface area contributed by atoms with Gasteiger partial charge in [-0.1, -0.05) is 18.2 Å². The zero-order valence-electron chi connectivity index (χ0n) is 9.94. The van der Waals surface area contributed by atoms with Crippen LogP contribution in [-0.4, -0.2) is 11.6 Å². The number of aromatic nitrogens is 1. The summed E-state index contributed by atoms with van der Waals surface area (Å²) >= 11 is 0. The van der Waals surface area contributed by atoms with Gasteiger partial charge in [0.2, 0.25) is 0 Å². The van der Waals surface area contributed by atoms with Crippen LogP contribution < -0.4 is 4.74 Å². The van der Waals surface area contributed by atoms with E-state index in [-0.39, 0.29) is 0 Å². The number of benzene rings is 1. The Bertz CT molecular complexity index is 554. The highest BCUT2D eigenvalue weighted by Crippen LogP contribution is 2.23. The first-order valence-electron chi connectivity index (χ1n) is 5.74. The van der Waals surface area contributed by atoms with Crippen molar-refractivity contribution in [1.82, 2.24) is 4.98 Å². The summed E-state index contributed by atoms with van der Waals surface area (Å²) in [4.78, 5) is 4.51. The van der Waals surface area contributed by atoms with E-state index >= 15 is 0 Å². The molecule has 86 valence electrons. The molecule has 2 heteroatoms. The van der Waals surface area contributed by atoms with Gasteiger partial charge >= 0.3 is 0 Å². The molecule has 0 saturated carbocycles. The molecule has 17 heavy (non-hydrogen) atoms. The van der Waals surface area contributed by atoms with Crippen molar-refractivity contribution in [3.8, 4) is 18.1 Å². The quantitative estimate of drug-likeness (QED) is 0.588. The van der Waals surface area contributed by atoms with Crippen LogP contribution in [0.25, 0.3) is 10.9 Å². The van der Waals surface area contributed by atoms with Crippen molar-refractivity contribution in [3.63, 3.8) is 0 Å². The molecular formula is C15H15NO. The van der Waals surface area contributed by atoms with Crippen molar-refractivity contribution in [2.45, 2.75) is 19.8 Å². The third kappa shape index (κ3) is 2.76. The maximum absolute atomic E-state index is 5.72. The first kappa shape index (κ1) is 11.5. The number of nitrogens with zero attached hydrogens (tertiary/aromatic N) is 1. The number of terminal acetylenes is 1. The second-order valence-electron chi connectivity index (χ2n) is 3.94. The minimum atomic E-state index is 0.638. The number of rotatable bonds is 4. The van der Waals surface area contributed by atoms with Crippen LogP contribution in [0.3, 0.4) is 0 Å². The molecule has 2 aromatic rings. The van der Waals surface area contributed by atoms with Crippen molar-refractivity contribution < 1.29 is 4.74 Å². The first-order valence-corrected chi connectivity index (χ1v) is 5.74. The number of para-hydroxylation sites is 1. The lowest BCUT2D eigenvalue weighted by Gasteiger charge is -2.08. The second-order valence-corrected chi connectivity index (χ2v) is 3.94. The van der Waals surface area contributed by atoms with Gasteiger partial charge in [-0.3, -0.25) is 0 Å². The Morgan fingerprint density at radius 2 is 2.18 bits per heavy atom. The maximum atomic E-state index is 5.72. The van der Waals surface area contributed by atoms with Gasteiger partial charge in [0.25, 0.3) is 0 Å². The molecule has 2 nitrogen and oxygen atoms in total. The molecule has 0 aliphatic rings. The minimum absolute atomic E-state index is 0.638. The Labute approximate surface area is 102 Å². The zero-order chi connectivity index (χ0) is 12.1. The number of fused-ring (bicyclic) bond motifs is 1. The van der Waals surface area contributed by atoms with Crippen molar-refractivity contribution in [2.75, 3.05) is 6.61 Å². The summed E-state index contributed by atoms with van der Waals surface area (Å²) in [7, 11) is 0. The fourth-order valence-corrected chi connectivity index (χ4v) is 1.69. The fourth-order valence-electron chi connectivity index (χ4n) is 1.69. The normalized spacial score (nSPS) is 10.1. The van der Waals surface area contributed by atoms with E-state index in [0.29, 0.717) is 6.61 Å². The van der Waals surface area contributed by atoms with Crippen molar-refractivity contribution in [3.05, 3.63) is 36.0 Å². The molecule has 0 atom stereocenters. The van der Waals surface area contributed by atoms with Crippen molar-refractivity contribution in [1.29, 1.82) is 0 Å². The molecule has 0 bridgehead atoms. The molecule has 0 aliphatic carbocycles. The van der Waals surface area contributed by atoms with Crippen LogP contribution >= 0.6 is 0 Å². The largest absolute Gasteiger partial charge is 0.491 e. The number of hydrogen-bond donors (Lipinski definition) is 0.